The minimum absolute atomic E-state index is 0.262. The van der Waals surface area contributed by atoms with Gasteiger partial charge in [0.15, 0.2) is 0 Å². The molecule has 1 aromatic heterocycles. The first-order valence-corrected chi connectivity index (χ1v) is 8.72. The van der Waals surface area contributed by atoms with Gasteiger partial charge in [-0.2, -0.15) is 0 Å². The van der Waals surface area contributed by atoms with Gasteiger partial charge in [-0.05, 0) is 48.7 Å². The van der Waals surface area contributed by atoms with Gasteiger partial charge in [-0.3, -0.25) is 4.79 Å². The Kier molecular flexibility index (Phi) is 5.99. The van der Waals surface area contributed by atoms with Crippen molar-refractivity contribution in [1.29, 1.82) is 0 Å². The number of carbonyl (C=O) groups is 1. The Morgan fingerprint density at radius 1 is 1.11 bits per heavy atom. The third kappa shape index (κ3) is 5.04. The number of methoxy groups -OCH3 is 1. The third-order valence-electron chi connectivity index (χ3n) is 4.11. The number of hydrogen-bond donors (Lipinski definition) is 2. The van der Waals surface area contributed by atoms with E-state index in [2.05, 4.69) is 20.6 Å². The number of rotatable bonds is 7. The lowest BCUT2D eigenvalue weighted by atomic mass is 10.1. The summed E-state index contributed by atoms with van der Waals surface area (Å²) in [6, 6.07) is 17.1. The molecule has 0 fully saturated rings. The predicted molar refractivity (Wildman–Crippen MR) is 106 cm³/mol. The minimum Gasteiger partial charge on any atom is -0.497 e. The smallest absolute Gasteiger partial charge is 0.274 e. The minimum atomic E-state index is -0.262. The molecule has 3 rings (SSSR count). The third-order valence-corrected chi connectivity index (χ3v) is 4.11. The summed E-state index contributed by atoms with van der Waals surface area (Å²) in [5.74, 6) is 0.997. The van der Waals surface area contributed by atoms with Crippen molar-refractivity contribution in [2.45, 2.75) is 13.3 Å². The molecule has 1 heterocycles. The maximum Gasteiger partial charge on any atom is 0.274 e. The molecular formula is C21H22N4O2. The van der Waals surface area contributed by atoms with Gasteiger partial charge >= 0.3 is 0 Å². The zero-order valence-electron chi connectivity index (χ0n) is 15.4. The molecule has 1 amide bonds. The maximum atomic E-state index is 12.4. The molecule has 0 radical (unpaired) electrons. The Morgan fingerprint density at radius 3 is 2.78 bits per heavy atom. The number of amides is 1. The van der Waals surface area contributed by atoms with Gasteiger partial charge in [-0.15, -0.1) is 0 Å². The van der Waals surface area contributed by atoms with Crippen LogP contribution in [0, 0.1) is 6.92 Å². The summed E-state index contributed by atoms with van der Waals surface area (Å²) >= 11 is 0. The molecule has 0 saturated carbocycles. The van der Waals surface area contributed by atoms with E-state index in [1.807, 2.05) is 55.5 Å². The second-order valence-electron chi connectivity index (χ2n) is 6.06. The first kappa shape index (κ1) is 18.4. The first-order chi connectivity index (χ1) is 13.2. The van der Waals surface area contributed by atoms with E-state index in [4.69, 9.17) is 4.74 Å². The monoisotopic (exact) mass is 362 g/mol. The summed E-state index contributed by atoms with van der Waals surface area (Å²) < 4.78 is 5.23. The van der Waals surface area contributed by atoms with Crippen LogP contribution in [-0.4, -0.2) is 29.5 Å². The highest BCUT2D eigenvalue weighted by molar-refractivity contribution is 6.03. The molecule has 138 valence electrons. The molecule has 27 heavy (non-hydrogen) atoms. The van der Waals surface area contributed by atoms with Crippen LogP contribution in [-0.2, 0) is 6.42 Å². The summed E-state index contributed by atoms with van der Waals surface area (Å²) in [6.07, 6.45) is 2.37. The van der Waals surface area contributed by atoms with Crippen LogP contribution >= 0.6 is 0 Å². The highest BCUT2D eigenvalue weighted by atomic mass is 16.5. The summed E-state index contributed by atoms with van der Waals surface area (Å²) in [5.41, 5.74) is 3.23. The fraction of sp³-hybridized carbons (Fsp3) is 0.190. The molecule has 0 aliphatic heterocycles. The van der Waals surface area contributed by atoms with E-state index >= 15 is 0 Å². The fourth-order valence-electron chi connectivity index (χ4n) is 2.62. The van der Waals surface area contributed by atoms with Crippen LogP contribution in [0.2, 0.25) is 0 Å². The lowest BCUT2D eigenvalue weighted by molar-refractivity contribution is 0.102. The summed E-state index contributed by atoms with van der Waals surface area (Å²) in [7, 11) is 1.65. The molecule has 0 spiro atoms. The zero-order chi connectivity index (χ0) is 19.1. The molecule has 0 unspecified atom stereocenters. The molecule has 0 saturated heterocycles. The molecule has 2 aromatic carbocycles. The number of aromatic nitrogens is 2. The van der Waals surface area contributed by atoms with Gasteiger partial charge in [0.25, 0.3) is 5.91 Å². The van der Waals surface area contributed by atoms with E-state index < -0.39 is 0 Å². The van der Waals surface area contributed by atoms with Crippen molar-refractivity contribution in [1.82, 2.24) is 9.97 Å². The highest BCUT2D eigenvalue weighted by Crippen LogP contribution is 2.15. The molecule has 6 heteroatoms. The number of anilines is 2. The number of benzene rings is 2. The quantitative estimate of drug-likeness (QED) is 0.670. The molecule has 3 aromatic rings. The zero-order valence-corrected chi connectivity index (χ0v) is 15.4. The average Bonchev–Trinajstić information content (AvgIpc) is 2.70. The van der Waals surface area contributed by atoms with Gasteiger partial charge in [0.05, 0.1) is 7.11 Å². The summed E-state index contributed by atoms with van der Waals surface area (Å²) in [5, 5.41) is 6.04. The molecule has 0 bridgehead atoms. The van der Waals surface area contributed by atoms with Crippen molar-refractivity contribution in [3.63, 3.8) is 0 Å². The van der Waals surface area contributed by atoms with Crippen molar-refractivity contribution in [3.8, 4) is 5.75 Å². The van der Waals surface area contributed by atoms with Crippen molar-refractivity contribution >= 4 is 17.5 Å². The van der Waals surface area contributed by atoms with Crippen molar-refractivity contribution < 1.29 is 9.53 Å². The van der Waals surface area contributed by atoms with E-state index in [9.17, 15) is 4.79 Å². The fourth-order valence-corrected chi connectivity index (χ4v) is 2.62. The topological polar surface area (TPSA) is 76.1 Å². The van der Waals surface area contributed by atoms with Gasteiger partial charge in [0.1, 0.15) is 11.4 Å². The number of hydrogen-bond acceptors (Lipinski definition) is 5. The standard InChI is InChI=1S/C21H22N4O2/c1-15-6-3-4-9-18(15)24-20(26)19-11-13-23-21(25-19)22-12-10-16-7-5-8-17(14-16)27-2/h3-9,11,13-14H,10,12H2,1-2H3,(H,24,26)(H,22,23,25). The van der Waals surface area contributed by atoms with Gasteiger partial charge in [0, 0.05) is 18.4 Å². The van der Waals surface area contributed by atoms with E-state index in [1.54, 1.807) is 19.4 Å². The highest BCUT2D eigenvalue weighted by Gasteiger charge is 2.10. The summed E-state index contributed by atoms with van der Waals surface area (Å²) in [4.78, 5) is 20.9. The van der Waals surface area contributed by atoms with E-state index in [1.165, 1.54) is 0 Å². The molecule has 0 atom stereocenters. The number of aryl methyl sites for hydroxylation is 1. The largest absolute Gasteiger partial charge is 0.497 e. The SMILES string of the molecule is COc1cccc(CCNc2nccc(C(=O)Nc3ccccc3C)n2)c1. The number of para-hydroxylation sites is 1. The van der Waals surface area contributed by atoms with Crippen molar-refractivity contribution in [2.24, 2.45) is 0 Å². The van der Waals surface area contributed by atoms with Crippen LogP contribution in [0.1, 0.15) is 21.6 Å². The maximum absolute atomic E-state index is 12.4. The Hall–Kier alpha value is -3.41. The summed E-state index contributed by atoms with van der Waals surface area (Å²) in [6.45, 7) is 2.59. The van der Waals surface area contributed by atoms with Crippen LogP contribution in [0.4, 0.5) is 11.6 Å². The number of nitrogens with zero attached hydrogens (tertiary/aromatic N) is 2. The molecular weight excluding hydrogens is 340 g/mol. The Labute approximate surface area is 158 Å². The number of carbonyl (C=O) groups excluding carboxylic acids is 1. The second-order valence-corrected chi connectivity index (χ2v) is 6.06. The van der Waals surface area contributed by atoms with Crippen molar-refractivity contribution in [3.05, 3.63) is 77.6 Å². The molecule has 0 aliphatic carbocycles. The van der Waals surface area contributed by atoms with Gasteiger partial charge in [-0.1, -0.05) is 30.3 Å². The van der Waals surface area contributed by atoms with Crippen LogP contribution in [0.5, 0.6) is 5.75 Å². The lowest BCUT2D eigenvalue weighted by Crippen LogP contribution is -2.16. The Balaban J connectivity index is 1.59. The van der Waals surface area contributed by atoms with E-state index in [0.717, 1.165) is 29.0 Å². The van der Waals surface area contributed by atoms with Gasteiger partial charge < -0.3 is 15.4 Å². The van der Waals surface area contributed by atoms with Gasteiger partial charge in [0.2, 0.25) is 5.95 Å². The molecule has 0 aliphatic rings. The Morgan fingerprint density at radius 2 is 1.96 bits per heavy atom. The normalized spacial score (nSPS) is 10.3. The number of ether oxygens (including phenoxy) is 1. The molecule has 6 nitrogen and oxygen atoms in total. The van der Waals surface area contributed by atoms with Crippen LogP contribution in [0.3, 0.4) is 0 Å². The predicted octanol–water partition coefficient (Wildman–Crippen LogP) is 3.70. The number of nitrogens with one attached hydrogen (secondary N) is 2. The average molecular weight is 362 g/mol. The lowest BCUT2D eigenvalue weighted by Gasteiger charge is -2.09. The van der Waals surface area contributed by atoms with E-state index in [0.29, 0.717) is 18.2 Å². The van der Waals surface area contributed by atoms with Crippen LogP contribution in [0.15, 0.2) is 60.8 Å². The first-order valence-electron chi connectivity index (χ1n) is 8.72. The Bertz CT molecular complexity index is 927. The van der Waals surface area contributed by atoms with Gasteiger partial charge in [-0.25, -0.2) is 9.97 Å². The van der Waals surface area contributed by atoms with E-state index in [-0.39, 0.29) is 5.91 Å². The van der Waals surface area contributed by atoms with Crippen molar-refractivity contribution in [2.75, 3.05) is 24.3 Å². The van der Waals surface area contributed by atoms with Crippen LogP contribution < -0.4 is 15.4 Å². The van der Waals surface area contributed by atoms with Crippen LogP contribution in [0.25, 0.3) is 0 Å². The second kappa shape index (κ2) is 8.80. The molecule has 2 N–H and O–H groups in total.